The van der Waals surface area contributed by atoms with Gasteiger partial charge in [0.1, 0.15) is 11.3 Å². The summed E-state index contributed by atoms with van der Waals surface area (Å²) < 4.78 is 10.9. The van der Waals surface area contributed by atoms with Gasteiger partial charge in [0.05, 0.1) is 6.61 Å². The lowest BCUT2D eigenvalue weighted by Gasteiger charge is -2.40. The summed E-state index contributed by atoms with van der Waals surface area (Å²) in [5, 5.41) is 0. The minimum absolute atomic E-state index is 0.0641. The Balaban J connectivity index is 2.12. The number of hydrogen-bond acceptors (Lipinski definition) is 4. The quantitative estimate of drug-likeness (QED) is 0.438. The largest absolute Gasteiger partial charge is 0.461 e. The fourth-order valence-electron chi connectivity index (χ4n) is 3.28. The first-order chi connectivity index (χ1) is 11.6. The van der Waals surface area contributed by atoms with E-state index in [-0.39, 0.29) is 27.7 Å². The number of carbonyl (C=O) groups is 2. The van der Waals surface area contributed by atoms with Gasteiger partial charge < -0.3 is 9.47 Å². The Bertz CT molecular complexity index is 689. The zero-order valence-electron chi connectivity index (χ0n) is 15.8. The highest BCUT2D eigenvalue weighted by Gasteiger charge is 2.50. The number of carbonyl (C=O) groups excluding carboxylic acids is 2. The van der Waals surface area contributed by atoms with Gasteiger partial charge in [0.2, 0.25) is 0 Å². The van der Waals surface area contributed by atoms with Crippen LogP contribution in [0.25, 0.3) is 0 Å². The van der Waals surface area contributed by atoms with Crippen molar-refractivity contribution in [2.45, 2.75) is 47.5 Å². The van der Waals surface area contributed by atoms with E-state index >= 15 is 0 Å². The summed E-state index contributed by atoms with van der Waals surface area (Å²) in [5.74, 6) is -0.246. The number of benzene rings is 1. The summed E-state index contributed by atoms with van der Waals surface area (Å²) in [5.41, 5.74) is 0.562. The Morgan fingerprint density at radius 3 is 2.44 bits per heavy atom. The fourth-order valence-corrected chi connectivity index (χ4v) is 3.28. The standard InChI is InChI=1S/C21H28O4/c1-14(2)18(22)25-17-10-8-7-9-16(17)19(23)24-13-21(6)12-11-15(3)20(21,4)5/h7-10,15H,1,11-13H2,2-6H3. The highest BCUT2D eigenvalue weighted by atomic mass is 16.5. The van der Waals surface area contributed by atoms with E-state index in [1.807, 2.05) is 0 Å². The average molecular weight is 344 g/mol. The topological polar surface area (TPSA) is 52.6 Å². The molecule has 1 saturated carbocycles. The summed E-state index contributed by atoms with van der Waals surface area (Å²) in [6, 6.07) is 6.62. The highest BCUT2D eigenvalue weighted by Crippen LogP contribution is 2.55. The first-order valence-electron chi connectivity index (χ1n) is 8.72. The Morgan fingerprint density at radius 2 is 1.88 bits per heavy atom. The normalized spacial score (nSPS) is 24.6. The maximum atomic E-state index is 12.6. The predicted octanol–water partition coefficient (Wildman–Crippen LogP) is 4.79. The van der Waals surface area contributed by atoms with Crippen LogP contribution in [0.4, 0.5) is 0 Å². The first kappa shape index (κ1) is 19.2. The molecule has 0 radical (unpaired) electrons. The molecule has 0 spiro atoms. The third-order valence-corrected chi connectivity index (χ3v) is 6.10. The molecule has 2 atom stereocenters. The molecule has 0 N–H and O–H groups in total. The van der Waals surface area contributed by atoms with E-state index in [9.17, 15) is 9.59 Å². The van der Waals surface area contributed by atoms with Gasteiger partial charge in [-0.3, -0.25) is 0 Å². The van der Waals surface area contributed by atoms with Crippen LogP contribution in [0.1, 0.15) is 57.8 Å². The van der Waals surface area contributed by atoms with Gasteiger partial charge >= 0.3 is 11.9 Å². The van der Waals surface area contributed by atoms with Crippen LogP contribution in [0, 0.1) is 16.7 Å². The van der Waals surface area contributed by atoms with Crippen molar-refractivity contribution < 1.29 is 19.1 Å². The third-order valence-electron chi connectivity index (χ3n) is 6.10. The van der Waals surface area contributed by atoms with Crippen molar-refractivity contribution in [1.29, 1.82) is 0 Å². The molecule has 0 heterocycles. The Labute approximate surface area is 150 Å². The minimum atomic E-state index is -0.557. The fraction of sp³-hybridized carbons (Fsp3) is 0.524. The molecule has 2 rings (SSSR count). The molecule has 0 aliphatic heterocycles. The SMILES string of the molecule is C=C(C)C(=O)Oc1ccccc1C(=O)OCC1(C)CCC(C)C1(C)C. The molecular weight excluding hydrogens is 316 g/mol. The van der Waals surface area contributed by atoms with Crippen molar-refractivity contribution in [1.82, 2.24) is 0 Å². The molecule has 1 aromatic rings. The van der Waals surface area contributed by atoms with Crippen LogP contribution in [0.3, 0.4) is 0 Å². The zero-order chi connectivity index (χ0) is 18.8. The zero-order valence-corrected chi connectivity index (χ0v) is 15.8. The van der Waals surface area contributed by atoms with Gasteiger partial charge in [-0.2, -0.15) is 0 Å². The monoisotopic (exact) mass is 344 g/mol. The number of rotatable bonds is 5. The van der Waals surface area contributed by atoms with Gasteiger partial charge in [0.15, 0.2) is 0 Å². The second-order valence-corrected chi connectivity index (χ2v) is 7.96. The van der Waals surface area contributed by atoms with Crippen LogP contribution in [-0.4, -0.2) is 18.5 Å². The van der Waals surface area contributed by atoms with Crippen LogP contribution in [0.15, 0.2) is 36.4 Å². The van der Waals surface area contributed by atoms with Gasteiger partial charge in [-0.05, 0) is 43.2 Å². The summed E-state index contributed by atoms with van der Waals surface area (Å²) >= 11 is 0. The molecule has 4 nitrogen and oxygen atoms in total. The molecule has 0 bridgehead atoms. The number of para-hydroxylation sites is 1. The van der Waals surface area contributed by atoms with Gasteiger partial charge in [-0.15, -0.1) is 0 Å². The van der Waals surface area contributed by atoms with Crippen LogP contribution in [-0.2, 0) is 9.53 Å². The summed E-state index contributed by atoms with van der Waals surface area (Å²) in [6.07, 6.45) is 2.16. The van der Waals surface area contributed by atoms with Crippen molar-refractivity contribution in [3.8, 4) is 5.75 Å². The van der Waals surface area contributed by atoms with Crippen molar-refractivity contribution in [3.05, 3.63) is 42.0 Å². The van der Waals surface area contributed by atoms with Crippen LogP contribution in [0.2, 0.25) is 0 Å². The van der Waals surface area contributed by atoms with Crippen LogP contribution >= 0.6 is 0 Å². The summed E-state index contributed by atoms with van der Waals surface area (Å²) in [7, 11) is 0. The first-order valence-corrected chi connectivity index (χ1v) is 8.72. The van der Waals surface area contributed by atoms with Gasteiger partial charge in [0.25, 0.3) is 0 Å². The van der Waals surface area contributed by atoms with Crippen molar-refractivity contribution in [3.63, 3.8) is 0 Å². The lowest BCUT2D eigenvalue weighted by atomic mass is 9.66. The lowest BCUT2D eigenvalue weighted by molar-refractivity contribution is -0.130. The smallest absolute Gasteiger partial charge is 0.341 e. The third kappa shape index (κ3) is 3.78. The number of ether oxygens (including phenoxy) is 2. The predicted molar refractivity (Wildman–Crippen MR) is 97.5 cm³/mol. The molecule has 2 unspecified atom stereocenters. The van der Waals surface area contributed by atoms with Crippen molar-refractivity contribution in [2.24, 2.45) is 16.7 Å². The molecule has 25 heavy (non-hydrogen) atoms. The second kappa shape index (κ2) is 7.03. The van der Waals surface area contributed by atoms with Crippen LogP contribution in [0.5, 0.6) is 5.75 Å². The van der Waals surface area contributed by atoms with Gasteiger partial charge in [-0.25, -0.2) is 9.59 Å². The second-order valence-electron chi connectivity index (χ2n) is 7.96. The molecule has 1 aromatic carbocycles. The molecule has 1 fully saturated rings. The maximum absolute atomic E-state index is 12.6. The molecule has 0 aromatic heterocycles. The lowest BCUT2D eigenvalue weighted by Crippen LogP contribution is -2.38. The van der Waals surface area contributed by atoms with Crippen molar-refractivity contribution >= 4 is 11.9 Å². The number of hydrogen-bond donors (Lipinski definition) is 0. The minimum Gasteiger partial charge on any atom is -0.461 e. The summed E-state index contributed by atoms with van der Waals surface area (Å²) in [6.45, 7) is 14.4. The Morgan fingerprint density at radius 1 is 1.24 bits per heavy atom. The van der Waals surface area contributed by atoms with E-state index in [1.165, 1.54) is 0 Å². The molecule has 1 aliphatic carbocycles. The van der Waals surface area contributed by atoms with E-state index in [0.29, 0.717) is 12.5 Å². The van der Waals surface area contributed by atoms with Crippen molar-refractivity contribution in [2.75, 3.05) is 6.61 Å². The molecule has 4 heteroatoms. The summed E-state index contributed by atoms with van der Waals surface area (Å²) in [4.78, 5) is 24.3. The average Bonchev–Trinajstić information content (AvgIpc) is 2.76. The highest BCUT2D eigenvalue weighted by molar-refractivity contribution is 5.95. The maximum Gasteiger partial charge on any atom is 0.341 e. The molecule has 1 aliphatic rings. The Kier molecular flexibility index (Phi) is 5.40. The van der Waals surface area contributed by atoms with E-state index in [2.05, 4.69) is 34.3 Å². The molecular formula is C21H28O4. The van der Waals surface area contributed by atoms with E-state index in [4.69, 9.17) is 9.47 Å². The van der Waals surface area contributed by atoms with E-state index in [1.54, 1.807) is 31.2 Å². The van der Waals surface area contributed by atoms with Gasteiger partial charge in [0, 0.05) is 11.0 Å². The van der Waals surface area contributed by atoms with Gasteiger partial charge in [-0.1, -0.05) is 46.4 Å². The Hall–Kier alpha value is -2.10. The molecule has 0 saturated heterocycles. The van der Waals surface area contributed by atoms with E-state index in [0.717, 1.165) is 12.8 Å². The molecule has 0 amide bonds. The van der Waals surface area contributed by atoms with Crippen LogP contribution < -0.4 is 4.74 Å². The van der Waals surface area contributed by atoms with E-state index < -0.39 is 11.9 Å². The molecule has 136 valence electrons. The number of esters is 2.